The van der Waals surface area contributed by atoms with Gasteiger partial charge in [0.25, 0.3) is 0 Å². The highest BCUT2D eigenvalue weighted by Gasteiger charge is 2.48. The van der Waals surface area contributed by atoms with E-state index >= 15 is 0 Å². The number of halogens is 5. The van der Waals surface area contributed by atoms with Crippen LogP contribution in [0, 0.1) is 0 Å². The van der Waals surface area contributed by atoms with Crippen LogP contribution in [0.15, 0.2) is 36.4 Å². The molecule has 0 fully saturated rings. The second-order valence-electron chi connectivity index (χ2n) is 4.62. The van der Waals surface area contributed by atoms with E-state index in [0.717, 1.165) is 18.2 Å². The summed E-state index contributed by atoms with van der Waals surface area (Å²) in [5, 5.41) is 9.21. The molecule has 2 aromatic rings. The van der Waals surface area contributed by atoms with Crippen molar-refractivity contribution in [2.24, 2.45) is 0 Å². The number of alkyl halides is 3. The lowest BCUT2D eigenvalue weighted by Gasteiger charge is -2.14. The minimum atomic E-state index is -5.95. The van der Waals surface area contributed by atoms with Crippen LogP contribution in [0.3, 0.4) is 0 Å². The van der Waals surface area contributed by atoms with Gasteiger partial charge in [0.15, 0.2) is 5.75 Å². The Hall–Kier alpha value is -1.97. The lowest BCUT2D eigenvalue weighted by Crippen LogP contribution is -2.28. The van der Waals surface area contributed by atoms with Crippen molar-refractivity contribution in [3.63, 3.8) is 0 Å². The van der Waals surface area contributed by atoms with Crippen LogP contribution in [0.4, 0.5) is 13.2 Å². The van der Waals surface area contributed by atoms with Crippen molar-refractivity contribution in [3.05, 3.63) is 52.0 Å². The topological polar surface area (TPSA) is 80.7 Å². The Morgan fingerprint density at radius 2 is 1.68 bits per heavy atom. The summed E-state index contributed by atoms with van der Waals surface area (Å²) in [5.74, 6) is -2.11. The molecule has 0 aliphatic carbocycles. The predicted molar refractivity (Wildman–Crippen MR) is 84.5 cm³/mol. The summed E-state index contributed by atoms with van der Waals surface area (Å²) >= 11 is 11.7. The molecule has 0 spiro atoms. The Kier molecular flexibility index (Phi) is 5.22. The summed E-state index contributed by atoms with van der Waals surface area (Å²) in [7, 11) is -5.95. The Morgan fingerprint density at radius 3 is 2.20 bits per heavy atom. The van der Waals surface area contributed by atoms with Gasteiger partial charge in [-0.05, 0) is 30.3 Å². The lowest BCUT2D eigenvalue weighted by molar-refractivity contribution is -0.0499. The first kappa shape index (κ1) is 19.4. The van der Waals surface area contributed by atoms with Gasteiger partial charge in [-0.1, -0.05) is 29.3 Å². The zero-order valence-electron chi connectivity index (χ0n) is 11.8. The smallest absolute Gasteiger partial charge is 0.478 e. The summed E-state index contributed by atoms with van der Waals surface area (Å²) < 4.78 is 64.3. The van der Waals surface area contributed by atoms with Crippen LogP contribution in [0.2, 0.25) is 10.0 Å². The summed E-state index contributed by atoms with van der Waals surface area (Å²) in [4.78, 5) is 11.1. The number of rotatable bonds is 4. The van der Waals surface area contributed by atoms with Gasteiger partial charge in [-0.15, -0.1) is 0 Å². The monoisotopic (exact) mass is 414 g/mol. The molecule has 0 saturated heterocycles. The molecule has 11 heteroatoms. The lowest BCUT2D eigenvalue weighted by atomic mass is 10.0. The normalized spacial score (nSPS) is 12.0. The third kappa shape index (κ3) is 4.17. The maximum atomic E-state index is 12.5. The van der Waals surface area contributed by atoms with Crippen LogP contribution >= 0.6 is 23.2 Å². The second-order valence-corrected chi connectivity index (χ2v) is 7.00. The molecule has 0 saturated carbocycles. The standard InChI is InChI=1S/C14H7Cl2F3O5S/c15-8-2-3-9(11(16)6-8)10-5-7(13(20)21)1-4-12(10)24-25(22,23)14(17,18)19/h1-6H,(H,20,21). The van der Waals surface area contributed by atoms with Gasteiger partial charge in [0.1, 0.15) is 0 Å². The van der Waals surface area contributed by atoms with Crippen LogP contribution in [0.1, 0.15) is 10.4 Å². The summed E-state index contributed by atoms with van der Waals surface area (Å²) in [6.45, 7) is 0. The third-order valence-corrected chi connectivity index (χ3v) is 4.44. The molecule has 0 heterocycles. The number of hydrogen-bond acceptors (Lipinski definition) is 4. The van der Waals surface area contributed by atoms with E-state index in [2.05, 4.69) is 4.18 Å². The number of carboxylic acid groups (broad SMARTS) is 1. The van der Waals surface area contributed by atoms with Gasteiger partial charge in [0.2, 0.25) is 0 Å². The SMILES string of the molecule is O=C(O)c1ccc(OS(=O)(=O)C(F)(F)F)c(-c2ccc(Cl)cc2Cl)c1. The molecule has 2 rings (SSSR count). The van der Waals surface area contributed by atoms with E-state index < -0.39 is 27.3 Å². The van der Waals surface area contributed by atoms with E-state index in [0.29, 0.717) is 0 Å². The average Bonchev–Trinajstić information content (AvgIpc) is 2.46. The molecule has 0 amide bonds. The van der Waals surface area contributed by atoms with Gasteiger partial charge in [0.05, 0.1) is 10.6 Å². The van der Waals surface area contributed by atoms with Crippen molar-refractivity contribution < 1.29 is 35.7 Å². The highest BCUT2D eigenvalue weighted by Crippen LogP contribution is 2.39. The fourth-order valence-electron chi connectivity index (χ4n) is 1.82. The third-order valence-electron chi connectivity index (χ3n) is 2.93. The first-order valence-electron chi connectivity index (χ1n) is 6.26. The number of hydrogen-bond donors (Lipinski definition) is 1. The van der Waals surface area contributed by atoms with E-state index in [9.17, 15) is 26.4 Å². The number of carbonyl (C=O) groups is 1. The van der Waals surface area contributed by atoms with Crippen molar-refractivity contribution in [3.8, 4) is 16.9 Å². The zero-order valence-corrected chi connectivity index (χ0v) is 14.2. The van der Waals surface area contributed by atoms with Crippen molar-refractivity contribution in [1.82, 2.24) is 0 Å². The fraction of sp³-hybridized carbons (Fsp3) is 0.0714. The summed E-state index contributed by atoms with van der Waals surface area (Å²) in [6.07, 6.45) is 0. The van der Waals surface area contributed by atoms with Crippen molar-refractivity contribution in [1.29, 1.82) is 0 Å². The van der Waals surface area contributed by atoms with Crippen LogP contribution in [0.25, 0.3) is 11.1 Å². The molecule has 0 atom stereocenters. The minimum Gasteiger partial charge on any atom is -0.478 e. The molecule has 0 bridgehead atoms. The first-order chi connectivity index (χ1) is 11.4. The number of carboxylic acids is 1. The van der Waals surface area contributed by atoms with Crippen molar-refractivity contribution in [2.45, 2.75) is 5.51 Å². The van der Waals surface area contributed by atoms with Gasteiger partial charge in [0, 0.05) is 16.1 Å². The van der Waals surface area contributed by atoms with Crippen LogP contribution in [0.5, 0.6) is 5.75 Å². The van der Waals surface area contributed by atoms with Gasteiger partial charge >= 0.3 is 21.6 Å². The van der Waals surface area contributed by atoms with E-state index in [1.165, 1.54) is 18.2 Å². The van der Waals surface area contributed by atoms with Crippen molar-refractivity contribution in [2.75, 3.05) is 0 Å². The molecule has 134 valence electrons. The molecule has 0 aliphatic rings. The highest BCUT2D eigenvalue weighted by atomic mass is 35.5. The molecule has 5 nitrogen and oxygen atoms in total. The number of aromatic carboxylic acids is 1. The van der Waals surface area contributed by atoms with Crippen LogP contribution in [-0.2, 0) is 10.1 Å². The maximum Gasteiger partial charge on any atom is 0.534 e. The maximum absolute atomic E-state index is 12.5. The Bertz CT molecular complexity index is 942. The Balaban J connectivity index is 2.67. The summed E-state index contributed by atoms with van der Waals surface area (Å²) in [6, 6.07) is 6.54. The van der Waals surface area contributed by atoms with Gasteiger partial charge < -0.3 is 9.29 Å². The van der Waals surface area contributed by atoms with E-state index in [-0.39, 0.29) is 26.7 Å². The molecule has 0 aromatic heterocycles. The van der Waals surface area contributed by atoms with E-state index in [1.54, 1.807) is 0 Å². The predicted octanol–water partition coefficient (Wildman–Crippen LogP) is 4.59. The number of benzene rings is 2. The molecule has 0 aliphatic heterocycles. The average molecular weight is 415 g/mol. The molecule has 0 unspecified atom stereocenters. The molecule has 1 N–H and O–H groups in total. The van der Waals surface area contributed by atoms with E-state index in [1.807, 2.05) is 0 Å². The van der Waals surface area contributed by atoms with Crippen LogP contribution in [-0.4, -0.2) is 25.0 Å². The van der Waals surface area contributed by atoms with Gasteiger partial charge in [-0.3, -0.25) is 0 Å². The minimum absolute atomic E-state index is 0.0377. The first-order valence-corrected chi connectivity index (χ1v) is 8.42. The van der Waals surface area contributed by atoms with Crippen molar-refractivity contribution >= 4 is 39.3 Å². The van der Waals surface area contributed by atoms with Gasteiger partial charge in [-0.2, -0.15) is 21.6 Å². The quantitative estimate of drug-likeness (QED) is 0.584. The fourth-order valence-corrected chi connectivity index (χ4v) is 2.81. The summed E-state index contributed by atoms with van der Waals surface area (Å²) in [5.41, 5.74) is -6.17. The van der Waals surface area contributed by atoms with Gasteiger partial charge in [-0.25, -0.2) is 4.79 Å². The second kappa shape index (κ2) is 6.74. The Morgan fingerprint density at radius 1 is 1.04 bits per heavy atom. The van der Waals surface area contributed by atoms with Crippen LogP contribution < -0.4 is 4.18 Å². The molecule has 2 aromatic carbocycles. The molecule has 25 heavy (non-hydrogen) atoms. The highest BCUT2D eigenvalue weighted by molar-refractivity contribution is 7.88. The Labute approximate surface area is 149 Å². The molecule has 0 radical (unpaired) electrons. The molecular formula is C14H7Cl2F3O5S. The zero-order chi connectivity index (χ0) is 19.0. The molecular weight excluding hydrogens is 408 g/mol. The largest absolute Gasteiger partial charge is 0.534 e. The van der Waals surface area contributed by atoms with E-state index in [4.69, 9.17) is 28.3 Å².